The number of aliphatic hydroxyl groups is 1. The van der Waals surface area contributed by atoms with Gasteiger partial charge in [0.2, 0.25) is 0 Å². The Kier molecular flexibility index (Phi) is 6.55. The average molecular weight is 228 g/mol. The van der Waals surface area contributed by atoms with Crippen LogP contribution < -0.4 is 0 Å². The van der Waals surface area contributed by atoms with E-state index in [-0.39, 0.29) is 6.61 Å². The van der Waals surface area contributed by atoms with E-state index in [9.17, 15) is 0 Å². The lowest BCUT2D eigenvalue weighted by Crippen LogP contribution is -2.27. The molecule has 0 aliphatic rings. The average Bonchev–Trinajstić information content (AvgIpc) is 2.71. The Morgan fingerprint density at radius 2 is 2.27 bits per heavy atom. The van der Waals surface area contributed by atoms with Gasteiger partial charge in [0.15, 0.2) is 0 Å². The maximum Gasteiger partial charge on any atom is 0.0795 e. The van der Waals surface area contributed by atoms with Crippen LogP contribution in [-0.2, 0) is 6.54 Å². The third-order valence-corrected chi connectivity index (χ3v) is 3.00. The van der Waals surface area contributed by atoms with Crippen molar-refractivity contribution in [3.8, 4) is 0 Å². The Morgan fingerprint density at radius 1 is 1.40 bits per heavy atom. The third kappa shape index (κ3) is 5.25. The van der Waals surface area contributed by atoms with Crippen LogP contribution in [0.25, 0.3) is 0 Å². The van der Waals surface area contributed by atoms with Gasteiger partial charge in [-0.3, -0.25) is 4.90 Å². The largest absolute Gasteiger partial charge is 0.395 e. The normalized spacial score (nSPS) is 11.1. The van der Waals surface area contributed by atoms with Gasteiger partial charge in [-0.25, -0.2) is 4.98 Å². The Labute approximate surface area is 95.8 Å². The standard InChI is InChI=1S/C11H20N2OS/c1-2-3-4-5-13(6-7-14)8-11-9-15-10-12-11/h9-10,14H,2-8H2,1H3. The molecule has 0 amide bonds. The van der Waals surface area contributed by atoms with Gasteiger partial charge in [0.25, 0.3) is 0 Å². The van der Waals surface area contributed by atoms with Crippen molar-refractivity contribution >= 4 is 11.3 Å². The molecule has 0 aromatic carbocycles. The lowest BCUT2D eigenvalue weighted by molar-refractivity contribution is 0.186. The molecule has 86 valence electrons. The first-order valence-electron chi connectivity index (χ1n) is 5.57. The molecule has 0 aliphatic heterocycles. The van der Waals surface area contributed by atoms with Gasteiger partial charge in [-0.2, -0.15) is 0 Å². The molecule has 1 N–H and O–H groups in total. The van der Waals surface area contributed by atoms with E-state index in [4.69, 9.17) is 5.11 Å². The van der Waals surface area contributed by atoms with Crippen molar-refractivity contribution in [1.82, 2.24) is 9.88 Å². The van der Waals surface area contributed by atoms with Crippen LogP contribution in [0.15, 0.2) is 10.9 Å². The van der Waals surface area contributed by atoms with Gasteiger partial charge >= 0.3 is 0 Å². The van der Waals surface area contributed by atoms with Crippen LogP contribution in [0.1, 0.15) is 31.9 Å². The summed E-state index contributed by atoms with van der Waals surface area (Å²) in [5.74, 6) is 0. The third-order valence-electron chi connectivity index (χ3n) is 2.36. The second kappa shape index (κ2) is 7.79. The molecule has 0 saturated carbocycles. The summed E-state index contributed by atoms with van der Waals surface area (Å²) >= 11 is 1.63. The van der Waals surface area contributed by atoms with Crippen LogP contribution in [0.4, 0.5) is 0 Å². The molecule has 15 heavy (non-hydrogen) atoms. The van der Waals surface area contributed by atoms with Crippen molar-refractivity contribution in [2.24, 2.45) is 0 Å². The van der Waals surface area contributed by atoms with E-state index in [1.54, 1.807) is 11.3 Å². The summed E-state index contributed by atoms with van der Waals surface area (Å²) in [7, 11) is 0. The monoisotopic (exact) mass is 228 g/mol. The highest BCUT2D eigenvalue weighted by Gasteiger charge is 2.05. The number of thiazole rings is 1. The maximum atomic E-state index is 8.96. The Balaban J connectivity index is 2.29. The van der Waals surface area contributed by atoms with Crippen molar-refractivity contribution in [2.45, 2.75) is 32.7 Å². The van der Waals surface area contributed by atoms with Gasteiger partial charge in [-0.1, -0.05) is 19.8 Å². The molecule has 1 aromatic heterocycles. The molecule has 0 radical (unpaired) electrons. The summed E-state index contributed by atoms with van der Waals surface area (Å²) in [5.41, 5.74) is 2.98. The molecular formula is C11H20N2OS. The van der Waals surface area contributed by atoms with E-state index in [1.165, 1.54) is 19.3 Å². The number of hydrogen-bond acceptors (Lipinski definition) is 4. The SMILES string of the molecule is CCCCCN(CCO)Cc1cscn1. The molecule has 0 fully saturated rings. The lowest BCUT2D eigenvalue weighted by Gasteiger charge is -2.19. The number of rotatable bonds is 8. The Hall–Kier alpha value is -0.450. The molecule has 1 rings (SSSR count). The van der Waals surface area contributed by atoms with Crippen LogP contribution in [0, 0.1) is 0 Å². The first-order chi connectivity index (χ1) is 7.36. The van der Waals surface area contributed by atoms with E-state index in [1.807, 2.05) is 5.51 Å². The van der Waals surface area contributed by atoms with Crippen LogP contribution in [0.3, 0.4) is 0 Å². The molecule has 1 aromatic rings. The number of hydrogen-bond donors (Lipinski definition) is 1. The van der Waals surface area contributed by atoms with Crippen LogP contribution in [0.2, 0.25) is 0 Å². The van der Waals surface area contributed by atoms with E-state index in [2.05, 4.69) is 22.2 Å². The zero-order chi connectivity index (χ0) is 10.9. The van der Waals surface area contributed by atoms with E-state index >= 15 is 0 Å². The molecule has 0 aliphatic carbocycles. The van der Waals surface area contributed by atoms with Gasteiger partial charge in [-0.05, 0) is 13.0 Å². The van der Waals surface area contributed by atoms with Crippen molar-refractivity contribution in [3.63, 3.8) is 0 Å². The van der Waals surface area contributed by atoms with Gasteiger partial charge in [0.1, 0.15) is 0 Å². The van der Waals surface area contributed by atoms with Gasteiger partial charge < -0.3 is 5.11 Å². The number of unbranched alkanes of at least 4 members (excludes halogenated alkanes) is 2. The first kappa shape index (κ1) is 12.6. The summed E-state index contributed by atoms with van der Waals surface area (Å²) in [4.78, 5) is 6.53. The van der Waals surface area contributed by atoms with Crippen LogP contribution in [-0.4, -0.2) is 34.7 Å². The summed E-state index contributed by atoms with van der Waals surface area (Å²) in [6.07, 6.45) is 3.71. The minimum absolute atomic E-state index is 0.232. The fourth-order valence-corrected chi connectivity index (χ4v) is 2.09. The molecule has 0 spiro atoms. The molecule has 0 bridgehead atoms. The second-order valence-electron chi connectivity index (χ2n) is 3.69. The fourth-order valence-electron chi connectivity index (χ4n) is 1.54. The highest BCUT2D eigenvalue weighted by atomic mass is 32.1. The zero-order valence-corrected chi connectivity index (χ0v) is 10.2. The summed E-state index contributed by atoms with van der Waals surface area (Å²) < 4.78 is 0. The molecule has 0 unspecified atom stereocenters. The van der Waals surface area contributed by atoms with Gasteiger partial charge in [-0.15, -0.1) is 11.3 Å². The minimum atomic E-state index is 0.232. The lowest BCUT2D eigenvalue weighted by atomic mass is 10.2. The maximum absolute atomic E-state index is 8.96. The van der Waals surface area contributed by atoms with Crippen molar-refractivity contribution < 1.29 is 5.11 Å². The quantitative estimate of drug-likeness (QED) is 0.692. The second-order valence-corrected chi connectivity index (χ2v) is 4.41. The van der Waals surface area contributed by atoms with Gasteiger partial charge in [0, 0.05) is 18.5 Å². The highest BCUT2D eigenvalue weighted by molar-refractivity contribution is 7.07. The minimum Gasteiger partial charge on any atom is -0.395 e. The fraction of sp³-hybridized carbons (Fsp3) is 0.727. The van der Waals surface area contributed by atoms with E-state index in [0.29, 0.717) is 0 Å². The topological polar surface area (TPSA) is 36.4 Å². The molecule has 1 heterocycles. The predicted octanol–water partition coefficient (Wildman–Crippen LogP) is 2.13. The molecule has 0 saturated heterocycles. The van der Waals surface area contributed by atoms with Crippen molar-refractivity contribution in [3.05, 3.63) is 16.6 Å². The summed E-state index contributed by atoms with van der Waals surface area (Å²) in [6.45, 7) is 5.12. The Morgan fingerprint density at radius 3 is 2.87 bits per heavy atom. The first-order valence-corrected chi connectivity index (χ1v) is 6.51. The number of nitrogens with zero attached hydrogens (tertiary/aromatic N) is 2. The zero-order valence-electron chi connectivity index (χ0n) is 9.35. The molecular weight excluding hydrogens is 208 g/mol. The number of aliphatic hydroxyl groups excluding tert-OH is 1. The van der Waals surface area contributed by atoms with Crippen molar-refractivity contribution in [2.75, 3.05) is 19.7 Å². The molecule has 0 atom stereocenters. The molecule has 4 heteroatoms. The predicted molar refractivity (Wildman–Crippen MR) is 64.0 cm³/mol. The summed E-state index contributed by atoms with van der Waals surface area (Å²) in [5, 5.41) is 11.0. The summed E-state index contributed by atoms with van der Waals surface area (Å²) in [6, 6.07) is 0. The molecule has 3 nitrogen and oxygen atoms in total. The van der Waals surface area contributed by atoms with Gasteiger partial charge in [0.05, 0.1) is 17.8 Å². The number of aromatic nitrogens is 1. The van der Waals surface area contributed by atoms with Crippen LogP contribution in [0.5, 0.6) is 0 Å². The van der Waals surface area contributed by atoms with E-state index in [0.717, 1.165) is 25.3 Å². The highest BCUT2D eigenvalue weighted by Crippen LogP contribution is 2.06. The van der Waals surface area contributed by atoms with Crippen molar-refractivity contribution in [1.29, 1.82) is 0 Å². The van der Waals surface area contributed by atoms with Crippen LogP contribution >= 0.6 is 11.3 Å². The van der Waals surface area contributed by atoms with E-state index < -0.39 is 0 Å². The Bertz CT molecular complexity index is 239. The smallest absolute Gasteiger partial charge is 0.0795 e.